The summed E-state index contributed by atoms with van der Waals surface area (Å²) in [5.41, 5.74) is 2.79. The van der Waals surface area contributed by atoms with E-state index in [1.807, 2.05) is 43.0 Å². The van der Waals surface area contributed by atoms with Crippen LogP contribution in [0.5, 0.6) is 5.75 Å². The summed E-state index contributed by atoms with van der Waals surface area (Å²) in [6.07, 6.45) is 0.327. The highest BCUT2D eigenvalue weighted by atomic mass is 16.5. The average Bonchev–Trinajstić information content (AvgIpc) is 2.93. The molecule has 0 aliphatic carbocycles. The van der Waals surface area contributed by atoms with Gasteiger partial charge >= 0.3 is 0 Å². The Morgan fingerprint density at radius 2 is 2.12 bits per heavy atom. The zero-order valence-corrected chi connectivity index (χ0v) is 14.3. The molecule has 1 aliphatic rings. The van der Waals surface area contributed by atoms with Crippen LogP contribution in [0.4, 0.5) is 0 Å². The number of piperazine rings is 1. The number of aromatic nitrogens is 1. The fourth-order valence-corrected chi connectivity index (χ4v) is 3.13. The van der Waals surface area contributed by atoms with Gasteiger partial charge in [0.05, 0.1) is 25.3 Å². The molecule has 1 amide bonds. The summed E-state index contributed by atoms with van der Waals surface area (Å²) in [5.74, 6) is 1.64. The minimum atomic E-state index is 0.0256. The molecule has 1 aromatic heterocycles. The molecular formula is C18H23N3O3. The first-order valence-corrected chi connectivity index (χ1v) is 8.16. The highest BCUT2D eigenvalue weighted by Crippen LogP contribution is 2.26. The van der Waals surface area contributed by atoms with Crippen LogP contribution in [-0.2, 0) is 11.2 Å². The highest BCUT2D eigenvalue weighted by Gasteiger charge is 2.29. The van der Waals surface area contributed by atoms with Crippen LogP contribution in [0.3, 0.4) is 0 Å². The number of amides is 1. The Bertz CT molecular complexity index is 689. The summed E-state index contributed by atoms with van der Waals surface area (Å²) in [6.45, 7) is 5.97. The van der Waals surface area contributed by atoms with Crippen molar-refractivity contribution in [2.24, 2.45) is 0 Å². The average molecular weight is 329 g/mol. The number of benzene rings is 1. The van der Waals surface area contributed by atoms with E-state index in [2.05, 4.69) is 10.5 Å². The van der Waals surface area contributed by atoms with E-state index in [-0.39, 0.29) is 11.9 Å². The van der Waals surface area contributed by atoms with Crippen LogP contribution in [0, 0.1) is 13.8 Å². The second-order valence-electron chi connectivity index (χ2n) is 6.06. The standard InChI is InChI=1S/C18H23N3O3/c1-12-16(13(2)24-20-12)10-18(22)21-9-8-19-11-17(21)14-4-6-15(23-3)7-5-14/h4-7,17,19H,8-11H2,1-3H3/t17-/m0/s1. The summed E-state index contributed by atoms with van der Waals surface area (Å²) in [4.78, 5) is 14.8. The third kappa shape index (κ3) is 3.28. The number of carbonyl (C=O) groups is 1. The van der Waals surface area contributed by atoms with Gasteiger partial charge in [-0.1, -0.05) is 17.3 Å². The molecule has 2 aromatic rings. The maximum absolute atomic E-state index is 12.9. The molecule has 1 fully saturated rings. The zero-order chi connectivity index (χ0) is 17.1. The zero-order valence-electron chi connectivity index (χ0n) is 14.3. The number of hydrogen-bond acceptors (Lipinski definition) is 5. The van der Waals surface area contributed by atoms with Gasteiger partial charge in [0.15, 0.2) is 0 Å². The molecule has 0 spiro atoms. The molecule has 0 saturated carbocycles. The predicted octanol–water partition coefficient (Wildman–Crippen LogP) is 2.02. The molecule has 6 heteroatoms. The molecule has 2 heterocycles. The molecule has 3 rings (SSSR count). The second-order valence-corrected chi connectivity index (χ2v) is 6.06. The number of aryl methyl sites for hydroxylation is 2. The van der Waals surface area contributed by atoms with E-state index >= 15 is 0 Å². The first-order valence-electron chi connectivity index (χ1n) is 8.16. The number of methoxy groups -OCH3 is 1. The fraction of sp³-hybridized carbons (Fsp3) is 0.444. The Labute approximate surface area is 141 Å². The molecule has 0 radical (unpaired) electrons. The molecule has 1 N–H and O–H groups in total. The molecule has 0 bridgehead atoms. The highest BCUT2D eigenvalue weighted by molar-refractivity contribution is 5.80. The minimum absolute atomic E-state index is 0.0256. The predicted molar refractivity (Wildman–Crippen MR) is 90.0 cm³/mol. The van der Waals surface area contributed by atoms with Gasteiger partial charge in [0, 0.05) is 25.2 Å². The number of hydrogen-bond donors (Lipinski definition) is 1. The monoisotopic (exact) mass is 329 g/mol. The van der Waals surface area contributed by atoms with Crippen molar-refractivity contribution in [1.29, 1.82) is 0 Å². The molecule has 24 heavy (non-hydrogen) atoms. The number of nitrogens with one attached hydrogen (secondary N) is 1. The van der Waals surface area contributed by atoms with Crippen molar-refractivity contribution in [2.45, 2.75) is 26.3 Å². The molecule has 0 unspecified atom stereocenters. The van der Waals surface area contributed by atoms with Crippen LogP contribution in [0.2, 0.25) is 0 Å². The van der Waals surface area contributed by atoms with Crippen molar-refractivity contribution in [3.63, 3.8) is 0 Å². The Morgan fingerprint density at radius 3 is 2.75 bits per heavy atom. The molecular weight excluding hydrogens is 306 g/mol. The molecule has 1 saturated heterocycles. The van der Waals surface area contributed by atoms with Gasteiger partial charge < -0.3 is 19.5 Å². The number of ether oxygens (including phenoxy) is 1. The lowest BCUT2D eigenvalue weighted by Crippen LogP contribution is -2.49. The Balaban J connectivity index is 1.79. The Hall–Kier alpha value is -2.34. The third-order valence-electron chi connectivity index (χ3n) is 4.57. The van der Waals surface area contributed by atoms with Gasteiger partial charge in [0.1, 0.15) is 11.5 Å². The van der Waals surface area contributed by atoms with E-state index in [4.69, 9.17) is 9.26 Å². The minimum Gasteiger partial charge on any atom is -0.497 e. The molecule has 128 valence electrons. The Morgan fingerprint density at radius 1 is 1.38 bits per heavy atom. The lowest BCUT2D eigenvalue weighted by atomic mass is 10.0. The van der Waals surface area contributed by atoms with Gasteiger partial charge in [-0.2, -0.15) is 0 Å². The lowest BCUT2D eigenvalue weighted by Gasteiger charge is -2.36. The largest absolute Gasteiger partial charge is 0.497 e. The van der Waals surface area contributed by atoms with Crippen molar-refractivity contribution in [2.75, 3.05) is 26.7 Å². The maximum atomic E-state index is 12.9. The van der Waals surface area contributed by atoms with Crippen molar-refractivity contribution >= 4 is 5.91 Å². The summed E-state index contributed by atoms with van der Waals surface area (Å²) in [7, 11) is 1.65. The van der Waals surface area contributed by atoms with Gasteiger partial charge in [-0.05, 0) is 31.5 Å². The smallest absolute Gasteiger partial charge is 0.227 e. The van der Waals surface area contributed by atoms with Gasteiger partial charge in [0.25, 0.3) is 0 Å². The van der Waals surface area contributed by atoms with Crippen LogP contribution < -0.4 is 10.1 Å². The molecule has 1 aliphatic heterocycles. The van der Waals surface area contributed by atoms with Gasteiger partial charge in [0.2, 0.25) is 5.91 Å². The maximum Gasteiger partial charge on any atom is 0.227 e. The van der Waals surface area contributed by atoms with E-state index in [9.17, 15) is 4.79 Å². The van der Waals surface area contributed by atoms with E-state index in [1.54, 1.807) is 7.11 Å². The van der Waals surface area contributed by atoms with Gasteiger partial charge in [-0.3, -0.25) is 4.79 Å². The normalized spacial score (nSPS) is 17.8. The summed E-state index contributed by atoms with van der Waals surface area (Å²) >= 11 is 0. The van der Waals surface area contributed by atoms with E-state index in [1.165, 1.54) is 0 Å². The van der Waals surface area contributed by atoms with Crippen molar-refractivity contribution in [3.05, 3.63) is 46.8 Å². The molecule has 1 aromatic carbocycles. The number of carbonyl (C=O) groups excluding carboxylic acids is 1. The number of rotatable bonds is 4. The first-order chi connectivity index (χ1) is 11.6. The third-order valence-corrected chi connectivity index (χ3v) is 4.57. The SMILES string of the molecule is COc1ccc([C@@H]2CNCCN2C(=O)Cc2c(C)noc2C)cc1. The summed E-state index contributed by atoms with van der Waals surface area (Å²) in [6, 6.07) is 7.93. The second kappa shape index (κ2) is 7.05. The van der Waals surface area contributed by atoms with Crippen molar-refractivity contribution in [1.82, 2.24) is 15.4 Å². The van der Waals surface area contributed by atoms with Crippen LogP contribution in [0.1, 0.15) is 28.6 Å². The summed E-state index contributed by atoms with van der Waals surface area (Å²) in [5, 5.41) is 7.31. The van der Waals surface area contributed by atoms with E-state index < -0.39 is 0 Å². The van der Waals surface area contributed by atoms with Crippen LogP contribution in [-0.4, -0.2) is 42.7 Å². The summed E-state index contributed by atoms with van der Waals surface area (Å²) < 4.78 is 10.4. The van der Waals surface area contributed by atoms with Crippen LogP contribution in [0.25, 0.3) is 0 Å². The fourth-order valence-electron chi connectivity index (χ4n) is 3.13. The van der Waals surface area contributed by atoms with Crippen LogP contribution in [0.15, 0.2) is 28.8 Å². The quantitative estimate of drug-likeness (QED) is 0.929. The Kier molecular flexibility index (Phi) is 4.85. The van der Waals surface area contributed by atoms with Crippen molar-refractivity contribution < 1.29 is 14.1 Å². The lowest BCUT2D eigenvalue weighted by molar-refractivity contribution is -0.133. The van der Waals surface area contributed by atoms with Gasteiger partial charge in [-0.25, -0.2) is 0 Å². The van der Waals surface area contributed by atoms with Crippen molar-refractivity contribution in [3.8, 4) is 5.75 Å². The van der Waals surface area contributed by atoms with E-state index in [0.717, 1.165) is 41.4 Å². The topological polar surface area (TPSA) is 67.6 Å². The van der Waals surface area contributed by atoms with E-state index in [0.29, 0.717) is 13.0 Å². The number of nitrogens with zero attached hydrogens (tertiary/aromatic N) is 2. The first kappa shape index (κ1) is 16.5. The molecule has 1 atom stereocenters. The van der Waals surface area contributed by atoms with Crippen LogP contribution >= 0.6 is 0 Å². The van der Waals surface area contributed by atoms with Gasteiger partial charge in [-0.15, -0.1) is 0 Å². The molecule has 6 nitrogen and oxygen atoms in total.